The highest BCUT2D eigenvalue weighted by Gasteiger charge is 2.49. The third kappa shape index (κ3) is 3.14. The number of furan rings is 1. The normalized spacial score (nSPS) is 19.2. The van der Waals surface area contributed by atoms with Crippen molar-refractivity contribution in [2.75, 3.05) is 6.54 Å². The summed E-state index contributed by atoms with van der Waals surface area (Å²) in [6.07, 6.45) is 2.56. The maximum atomic E-state index is 12.6. The molecule has 2 aromatic rings. The number of hydrogen-bond acceptors (Lipinski definition) is 5. The topological polar surface area (TPSA) is 121 Å². The summed E-state index contributed by atoms with van der Waals surface area (Å²) in [6.45, 7) is 1.14. The summed E-state index contributed by atoms with van der Waals surface area (Å²) in [5, 5.41) is 5.53. The van der Waals surface area contributed by atoms with Gasteiger partial charge in [0.15, 0.2) is 0 Å². The molecule has 134 valence electrons. The van der Waals surface area contributed by atoms with E-state index in [2.05, 4.69) is 16.1 Å². The SMILES string of the molecule is CC1(c2ccccc2)NC(=O)N(NC(=O)CNC(=O)c2ccoc2)C1=O. The minimum Gasteiger partial charge on any atom is -0.472 e. The second-order valence-electron chi connectivity index (χ2n) is 5.79. The molecule has 1 atom stereocenters. The highest BCUT2D eigenvalue weighted by molar-refractivity contribution is 6.08. The third-order valence-corrected chi connectivity index (χ3v) is 3.97. The van der Waals surface area contributed by atoms with E-state index in [0.29, 0.717) is 10.6 Å². The number of carbonyl (C=O) groups is 4. The van der Waals surface area contributed by atoms with E-state index in [1.807, 2.05) is 0 Å². The number of benzene rings is 1. The molecule has 0 aliphatic carbocycles. The summed E-state index contributed by atoms with van der Waals surface area (Å²) in [4.78, 5) is 48.5. The van der Waals surface area contributed by atoms with E-state index in [4.69, 9.17) is 4.42 Å². The monoisotopic (exact) mass is 356 g/mol. The van der Waals surface area contributed by atoms with E-state index >= 15 is 0 Å². The van der Waals surface area contributed by atoms with Gasteiger partial charge < -0.3 is 15.1 Å². The first-order chi connectivity index (χ1) is 12.4. The molecular formula is C17H16N4O5. The van der Waals surface area contributed by atoms with Crippen molar-refractivity contribution in [2.24, 2.45) is 0 Å². The maximum absolute atomic E-state index is 12.6. The van der Waals surface area contributed by atoms with E-state index in [9.17, 15) is 19.2 Å². The van der Waals surface area contributed by atoms with Crippen LogP contribution >= 0.6 is 0 Å². The van der Waals surface area contributed by atoms with Gasteiger partial charge in [-0.2, -0.15) is 5.01 Å². The van der Waals surface area contributed by atoms with Crippen LogP contribution in [0.1, 0.15) is 22.8 Å². The number of imide groups is 1. The molecule has 1 aromatic heterocycles. The Bertz CT molecular complexity index is 849. The molecule has 0 saturated carbocycles. The van der Waals surface area contributed by atoms with Crippen LogP contribution in [0.25, 0.3) is 0 Å². The Hall–Kier alpha value is -3.62. The van der Waals surface area contributed by atoms with Gasteiger partial charge >= 0.3 is 6.03 Å². The van der Waals surface area contributed by atoms with E-state index in [-0.39, 0.29) is 5.56 Å². The Morgan fingerprint density at radius 2 is 1.92 bits per heavy atom. The summed E-state index contributed by atoms with van der Waals surface area (Å²) in [5.41, 5.74) is 1.75. The molecule has 3 N–H and O–H groups in total. The van der Waals surface area contributed by atoms with Gasteiger partial charge in [0.05, 0.1) is 18.4 Å². The molecule has 0 bridgehead atoms. The second-order valence-corrected chi connectivity index (χ2v) is 5.79. The molecule has 26 heavy (non-hydrogen) atoms. The van der Waals surface area contributed by atoms with Crippen molar-refractivity contribution in [3.8, 4) is 0 Å². The summed E-state index contributed by atoms with van der Waals surface area (Å²) < 4.78 is 4.78. The Morgan fingerprint density at radius 1 is 1.19 bits per heavy atom. The quantitative estimate of drug-likeness (QED) is 0.674. The molecule has 5 amide bonds. The molecule has 3 rings (SSSR count). The fourth-order valence-corrected chi connectivity index (χ4v) is 2.53. The zero-order chi connectivity index (χ0) is 18.7. The minimum atomic E-state index is -1.29. The summed E-state index contributed by atoms with van der Waals surface area (Å²) >= 11 is 0. The van der Waals surface area contributed by atoms with Gasteiger partial charge in [-0.15, -0.1) is 0 Å². The van der Waals surface area contributed by atoms with Gasteiger partial charge in [-0.3, -0.25) is 19.8 Å². The molecule has 1 aliphatic rings. The van der Waals surface area contributed by atoms with Gasteiger partial charge in [0.25, 0.3) is 17.7 Å². The standard InChI is InChI=1S/C17H16N4O5/c1-17(12-5-3-2-4-6-12)15(24)21(16(25)19-17)20-13(22)9-18-14(23)11-7-8-26-10-11/h2-8,10H,9H2,1H3,(H,18,23)(H,19,25)(H,20,22). The molecule has 0 spiro atoms. The van der Waals surface area contributed by atoms with Crippen LogP contribution in [0.3, 0.4) is 0 Å². The molecule has 1 fully saturated rings. The van der Waals surface area contributed by atoms with Crippen molar-refractivity contribution in [2.45, 2.75) is 12.5 Å². The largest absolute Gasteiger partial charge is 0.472 e. The van der Waals surface area contributed by atoms with E-state index in [0.717, 1.165) is 0 Å². The lowest BCUT2D eigenvalue weighted by Gasteiger charge is -2.22. The number of amides is 5. The summed E-state index contributed by atoms with van der Waals surface area (Å²) in [6, 6.07) is 9.37. The van der Waals surface area contributed by atoms with Gasteiger partial charge in [-0.05, 0) is 18.6 Å². The van der Waals surface area contributed by atoms with Crippen LogP contribution in [-0.4, -0.2) is 35.3 Å². The van der Waals surface area contributed by atoms with Crippen molar-refractivity contribution in [3.05, 3.63) is 60.1 Å². The summed E-state index contributed by atoms with van der Waals surface area (Å²) in [5.74, 6) is -1.86. The molecule has 9 nitrogen and oxygen atoms in total. The van der Waals surface area contributed by atoms with Crippen LogP contribution in [0.15, 0.2) is 53.3 Å². The molecule has 1 aliphatic heterocycles. The number of rotatable bonds is 5. The lowest BCUT2D eigenvalue weighted by atomic mass is 9.92. The zero-order valence-electron chi connectivity index (χ0n) is 13.8. The molecule has 1 aromatic carbocycles. The molecule has 1 unspecified atom stereocenters. The maximum Gasteiger partial charge on any atom is 0.344 e. The molecule has 9 heteroatoms. The first-order valence-corrected chi connectivity index (χ1v) is 7.74. The van der Waals surface area contributed by atoms with Crippen LogP contribution in [0.4, 0.5) is 4.79 Å². The fraction of sp³-hybridized carbons (Fsp3) is 0.176. The van der Waals surface area contributed by atoms with Gasteiger partial charge in [-0.1, -0.05) is 30.3 Å². The lowest BCUT2D eigenvalue weighted by Crippen LogP contribution is -2.50. The lowest BCUT2D eigenvalue weighted by molar-refractivity contribution is -0.138. The minimum absolute atomic E-state index is 0.254. The first kappa shape index (κ1) is 17.2. The first-order valence-electron chi connectivity index (χ1n) is 7.74. The Morgan fingerprint density at radius 3 is 2.58 bits per heavy atom. The third-order valence-electron chi connectivity index (χ3n) is 3.97. The van der Waals surface area contributed by atoms with E-state index < -0.39 is 35.8 Å². The predicted molar refractivity (Wildman–Crippen MR) is 88.4 cm³/mol. The highest BCUT2D eigenvalue weighted by atomic mass is 16.3. The van der Waals surface area contributed by atoms with Crippen molar-refractivity contribution < 1.29 is 23.6 Å². The molecule has 0 radical (unpaired) electrons. The number of urea groups is 1. The fourth-order valence-electron chi connectivity index (χ4n) is 2.53. The van der Waals surface area contributed by atoms with Crippen LogP contribution in [-0.2, 0) is 15.1 Å². The van der Waals surface area contributed by atoms with Crippen LogP contribution in [0.2, 0.25) is 0 Å². The number of nitrogens with zero attached hydrogens (tertiary/aromatic N) is 1. The van der Waals surface area contributed by atoms with Gasteiger partial charge in [0.1, 0.15) is 11.8 Å². The summed E-state index contributed by atoms with van der Waals surface area (Å²) in [7, 11) is 0. The van der Waals surface area contributed by atoms with Crippen molar-refractivity contribution >= 4 is 23.8 Å². The number of hydrazine groups is 1. The Labute approximate surface area is 148 Å². The predicted octanol–water partition coefficient (Wildman–Crippen LogP) is 0.508. The van der Waals surface area contributed by atoms with Crippen molar-refractivity contribution in [1.82, 2.24) is 21.1 Å². The van der Waals surface area contributed by atoms with Gasteiger partial charge in [-0.25, -0.2) is 4.79 Å². The van der Waals surface area contributed by atoms with Crippen LogP contribution in [0.5, 0.6) is 0 Å². The number of nitrogens with one attached hydrogen (secondary N) is 3. The highest BCUT2D eigenvalue weighted by Crippen LogP contribution is 2.27. The van der Waals surface area contributed by atoms with Gasteiger partial charge in [0.2, 0.25) is 0 Å². The Balaban J connectivity index is 1.63. The van der Waals surface area contributed by atoms with Crippen LogP contribution in [0, 0.1) is 0 Å². The van der Waals surface area contributed by atoms with Crippen molar-refractivity contribution in [1.29, 1.82) is 0 Å². The second kappa shape index (κ2) is 6.71. The van der Waals surface area contributed by atoms with E-state index in [1.165, 1.54) is 18.6 Å². The zero-order valence-corrected chi connectivity index (χ0v) is 13.8. The number of carbonyl (C=O) groups excluding carboxylic acids is 4. The van der Waals surface area contributed by atoms with E-state index in [1.54, 1.807) is 37.3 Å². The molecule has 2 heterocycles. The molecular weight excluding hydrogens is 340 g/mol. The molecule has 1 saturated heterocycles. The van der Waals surface area contributed by atoms with Crippen LogP contribution < -0.4 is 16.1 Å². The average molecular weight is 356 g/mol. The van der Waals surface area contributed by atoms with Gasteiger partial charge in [0, 0.05) is 0 Å². The van der Waals surface area contributed by atoms with Crippen molar-refractivity contribution in [3.63, 3.8) is 0 Å². The number of hydrogen-bond donors (Lipinski definition) is 3. The Kier molecular flexibility index (Phi) is 4.44. The average Bonchev–Trinajstić information content (AvgIpc) is 3.25. The smallest absolute Gasteiger partial charge is 0.344 e.